The van der Waals surface area contributed by atoms with Gasteiger partial charge in [-0.25, -0.2) is 8.42 Å². The second-order valence-corrected chi connectivity index (χ2v) is 9.07. The van der Waals surface area contributed by atoms with Crippen LogP contribution in [0.4, 0.5) is 5.69 Å². The van der Waals surface area contributed by atoms with Crippen molar-refractivity contribution < 1.29 is 13.2 Å². The summed E-state index contributed by atoms with van der Waals surface area (Å²) in [5.74, 6) is -0.188. The molecule has 0 unspecified atom stereocenters. The van der Waals surface area contributed by atoms with E-state index in [1.807, 2.05) is 20.8 Å². The van der Waals surface area contributed by atoms with E-state index in [1.165, 1.54) is 35.6 Å². The maximum atomic E-state index is 12.7. The van der Waals surface area contributed by atoms with Crippen molar-refractivity contribution in [2.75, 3.05) is 11.4 Å². The molecule has 0 spiro atoms. The fraction of sp³-hybridized carbons (Fsp3) is 0.316. The third kappa shape index (κ3) is 4.56. The quantitative estimate of drug-likeness (QED) is 0.802. The molecule has 1 N–H and O–H groups in total. The molecule has 0 aliphatic carbocycles. The van der Waals surface area contributed by atoms with Gasteiger partial charge in [-0.1, -0.05) is 18.5 Å². The highest BCUT2D eigenvalue weighted by Crippen LogP contribution is 2.23. The first kappa shape index (κ1) is 20.3. The molecule has 0 bridgehead atoms. The molecule has 0 atom stereocenters. The van der Waals surface area contributed by atoms with Gasteiger partial charge in [0.25, 0.3) is 15.9 Å². The molecule has 2 aromatic rings. The van der Waals surface area contributed by atoms with Gasteiger partial charge in [-0.2, -0.15) is 0 Å². The van der Waals surface area contributed by atoms with Gasteiger partial charge in [0.1, 0.15) is 0 Å². The number of hydrogen-bond acceptors (Lipinski definition) is 3. The summed E-state index contributed by atoms with van der Waals surface area (Å²) in [7, 11) is -2.23. The molecule has 5 nitrogen and oxygen atoms in total. The Morgan fingerprint density at radius 3 is 2.12 bits per heavy atom. The maximum absolute atomic E-state index is 12.7. The number of amides is 1. The van der Waals surface area contributed by atoms with Gasteiger partial charge >= 0.3 is 0 Å². The fourth-order valence-corrected chi connectivity index (χ4v) is 3.52. The molecule has 140 valence electrons. The van der Waals surface area contributed by atoms with Crippen LogP contribution in [0.15, 0.2) is 53.4 Å². The van der Waals surface area contributed by atoms with Gasteiger partial charge in [0.2, 0.25) is 0 Å². The summed E-state index contributed by atoms with van der Waals surface area (Å²) in [6.45, 7) is 5.90. The number of anilines is 1. The summed E-state index contributed by atoms with van der Waals surface area (Å²) in [6, 6.07) is 12.4. The van der Waals surface area contributed by atoms with Gasteiger partial charge < -0.3 is 5.32 Å². The number of halogens is 1. The van der Waals surface area contributed by atoms with Gasteiger partial charge in [0.15, 0.2) is 0 Å². The molecule has 0 fully saturated rings. The molecule has 0 radical (unpaired) electrons. The summed E-state index contributed by atoms with van der Waals surface area (Å²) >= 11 is 5.82. The molecular weight excluding hydrogens is 372 g/mol. The van der Waals surface area contributed by atoms with E-state index < -0.39 is 10.0 Å². The smallest absolute Gasteiger partial charge is 0.264 e. The number of carbonyl (C=O) groups is 1. The molecule has 26 heavy (non-hydrogen) atoms. The first-order valence-electron chi connectivity index (χ1n) is 8.24. The lowest BCUT2D eigenvalue weighted by Gasteiger charge is -2.24. The standard InChI is InChI=1S/C19H23ClN2O3S/c1-5-19(2,3)21-18(23)14-6-10-16(11-7-14)22(4)26(24,25)17-12-8-15(20)9-13-17/h6-13H,5H2,1-4H3,(H,21,23). The van der Waals surface area contributed by atoms with E-state index in [9.17, 15) is 13.2 Å². The van der Waals surface area contributed by atoms with Crippen molar-refractivity contribution in [3.8, 4) is 0 Å². The van der Waals surface area contributed by atoms with Crippen LogP contribution in [-0.4, -0.2) is 26.9 Å². The second kappa shape index (κ2) is 7.68. The highest BCUT2D eigenvalue weighted by molar-refractivity contribution is 7.92. The monoisotopic (exact) mass is 394 g/mol. The Hall–Kier alpha value is -2.05. The Labute approximate surface area is 160 Å². The number of sulfonamides is 1. The van der Waals surface area contributed by atoms with E-state index >= 15 is 0 Å². The summed E-state index contributed by atoms with van der Waals surface area (Å²) in [4.78, 5) is 12.4. The zero-order valence-electron chi connectivity index (χ0n) is 15.3. The predicted molar refractivity (Wildman–Crippen MR) is 105 cm³/mol. The van der Waals surface area contributed by atoms with E-state index in [-0.39, 0.29) is 16.3 Å². The molecule has 1 amide bonds. The third-order valence-electron chi connectivity index (χ3n) is 4.30. The molecule has 0 heterocycles. The first-order chi connectivity index (χ1) is 12.1. The topological polar surface area (TPSA) is 66.5 Å². The Balaban J connectivity index is 2.22. The molecule has 0 saturated heterocycles. The number of rotatable bonds is 6. The van der Waals surface area contributed by atoms with Crippen LogP contribution in [-0.2, 0) is 10.0 Å². The van der Waals surface area contributed by atoms with Crippen LogP contribution in [0.5, 0.6) is 0 Å². The second-order valence-electron chi connectivity index (χ2n) is 6.66. The minimum Gasteiger partial charge on any atom is -0.347 e. The number of nitrogens with one attached hydrogen (secondary N) is 1. The highest BCUT2D eigenvalue weighted by Gasteiger charge is 2.22. The lowest BCUT2D eigenvalue weighted by Crippen LogP contribution is -2.42. The fourth-order valence-electron chi connectivity index (χ4n) is 2.19. The van der Waals surface area contributed by atoms with Crippen LogP contribution < -0.4 is 9.62 Å². The molecule has 0 aliphatic rings. The summed E-state index contributed by atoms with van der Waals surface area (Å²) in [5, 5.41) is 3.42. The van der Waals surface area contributed by atoms with Crippen molar-refractivity contribution in [3.05, 3.63) is 59.1 Å². The SMILES string of the molecule is CCC(C)(C)NC(=O)c1ccc(N(C)S(=O)(=O)c2ccc(Cl)cc2)cc1. The molecule has 0 saturated carbocycles. The molecule has 0 aromatic heterocycles. The predicted octanol–water partition coefficient (Wildman–Crippen LogP) is 4.08. The van der Waals surface area contributed by atoms with E-state index in [4.69, 9.17) is 11.6 Å². The lowest BCUT2D eigenvalue weighted by molar-refractivity contribution is 0.0911. The minimum absolute atomic E-state index is 0.149. The molecular formula is C19H23ClN2O3S. The molecule has 7 heteroatoms. The largest absolute Gasteiger partial charge is 0.347 e. The van der Waals surface area contributed by atoms with Gasteiger partial charge in [0.05, 0.1) is 10.6 Å². The number of nitrogens with zero attached hydrogens (tertiary/aromatic N) is 1. The van der Waals surface area contributed by atoms with Crippen molar-refractivity contribution in [3.63, 3.8) is 0 Å². The molecule has 2 aromatic carbocycles. The first-order valence-corrected chi connectivity index (χ1v) is 10.1. The van der Waals surface area contributed by atoms with Crippen molar-refractivity contribution in [2.45, 2.75) is 37.6 Å². The average Bonchev–Trinajstić information content (AvgIpc) is 2.61. The van der Waals surface area contributed by atoms with Crippen LogP contribution >= 0.6 is 11.6 Å². The minimum atomic E-state index is -3.70. The average molecular weight is 395 g/mol. The Bertz CT molecular complexity index is 876. The summed E-state index contributed by atoms with van der Waals surface area (Å²) < 4.78 is 26.6. The van der Waals surface area contributed by atoms with Crippen LogP contribution in [0.2, 0.25) is 5.02 Å². The van der Waals surface area contributed by atoms with Gasteiger partial charge in [-0.15, -0.1) is 0 Å². The van der Waals surface area contributed by atoms with Crippen molar-refractivity contribution in [1.29, 1.82) is 0 Å². The summed E-state index contributed by atoms with van der Waals surface area (Å²) in [5.41, 5.74) is 0.642. The van der Waals surface area contributed by atoms with E-state index in [1.54, 1.807) is 24.3 Å². The molecule has 0 aliphatic heterocycles. The highest BCUT2D eigenvalue weighted by atomic mass is 35.5. The molecule has 2 rings (SSSR count). The van der Waals surface area contributed by atoms with Crippen molar-refractivity contribution in [2.24, 2.45) is 0 Å². The third-order valence-corrected chi connectivity index (χ3v) is 6.35. The van der Waals surface area contributed by atoms with Gasteiger partial charge in [-0.3, -0.25) is 9.10 Å². The van der Waals surface area contributed by atoms with Crippen LogP contribution in [0.25, 0.3) is 0 Å². The normalized spacial score (nSPS) is 11.9. The number of carbonyl (C=O) groups excluding carboxylic acids is 1. The number of benzene rings is 2. The zero-order chi connectivity index (χ0) is 19.5. The van der Waals surface area contributed by atoms with Crippen molar-refractivity contribution in [1.82, 2.24) is 5.32 Å². The van der Waals surface area contributed by atoms with Crippen LogP contribution in [0.1, 0.15) is 37.6 Å². The van der Waals surface area contributed by atoms with Gasteiger partial charge in [-0.05, 0) is 68.8 Å². The Kier molecular flexibility index (Phi) is 5.98. The van der Waals surface area contributed by atoms with Crippen LogP contribution in [0.3, 0.4) is 0 Å². The van der Waals surface area contributed by atoms with Crippen molar-refractivity contribution >= 4 is 33.2 Å². The van der Waals surface area contributed by atoms with E-state index in [0.717, 1.165) is 6.42 Å². The van der Waals surface area contributed by atoms with Crippen LogP contribution in [0, 0.1) is 0 Å². The zero-order valence-corrected chi connectivity index (χ0v) is 16.9. The number of hydrogen-bond donors (Lipinski definition) is 1. The van der Waals surface area contributed by atoms with Gasteiger partial charge in [0, 0.05) is 23.2 Å². The Morgan fingerprint density at radius 2 is 1.62 bits per heavy atom. The van der Waals surface area contributed by atoms with E-state index in [2.05, 4.69) is 5.32 Å². The lowest BCUT2D eigenvalue weighted by atomic mass is 10.0. The Morgan fingerprint density at radius 1 is 1.08 bits per heavy atom. The maximum Gasteiger partial charge on any atom is 0.264 e. The van der Waals surface area contributed by atoms with E-state index in [0.29, 0.717) is 16.3 Å². The summed E-state index contributed by atoms with van der Waals surface area (Å²) in [6.07, 6.45) is 0.804.